The van der Waals surface area contributed by atoms with Gasteiger partial charge in [-0.15, -0.1) is 0 Å². The lowest BCUT2D eigenvalue weighted by Crippen LogP contribution is -2.30. The van der Waals surface area contributed by atoms with Crippen LogP contribution >= 0.6 is 11.6 Å². The molecule has 2 aromatic rings. The maximum absolute atomic E-state index is 11.7. The molecule has 0 heterocycles. The molecule has 2 aromatic carbocycles. The van der Waals surface area contributed by atoms with Crippen LogP contribution in [-0.2, 0) is 27.2 Å². The number of aromatic hydroxyl groups is 1. The van der Waals surface area contributed by atoms with Crippen molar-refractivity contribution in [3.63, 3.8) is 0 Å². The van der Waals surface area contributed by atoms with Crippen LogP contribution in [0.3, 0.4) is 0 Å². The van der Waals surface area contributed by atoms with Crippen molar-refractivity contribution in [2.75, 3.05) is 13.2 Å². The maximum Gasteiger partial charge on any atom is 0.310 e. The number of phenolic OH excluding ortho intramolecular Hbond substituents is 1. The Morgan fingerprint density at radius 3 is 2.54 bits per heavy atom. The van der Waals surface area contributed by atoms with Crippen LogP contribution < -0.4 is 5.32 Å². The van der Waals surface area contributed by atoms with Crippen LogP contribution in [0, 0.1) is 0 Å². The lowest BCUT2D eigenvalue weighted by atomic mass is 10.1. The fraction of sp³-hybridized carbons (Fsp3) is 0.222. The van der Waals surface area contributed by atoms with Crippen molar-refractivity contribution in [3.8, 4) is 5.75 Å². The van der Waals surface area contributed by atoms with E-state index in [-0.39, 0.29) is 24.7 Å². The molecule has 126 valence electrons. The third kappa shape index (κ3) is 6.30. The molecular weight excluding hydrogens is 330 g/mol. The zero-order valence-corrected chi connectivity index (χ0v) is 13.8. The quantitative estimate of drug-likeness (QED) is 0.754. The highest BCUT2D eigenvalue weighted by Gasteiger charge is 2.08. The van der Waals surface area contributed by atoms with Gasteiger partial charge in [-0.2, -0.15) is 0 Å². The van der Waals surface area contributed by atoms with Crippen molar-refractivity contribution < 1.29 is 19.4 Å². The van der Waals surface area contributed by atoms with Gasteiger partial charge in [0.2, 0.25) is 0 Å². The van der Waals surface area contributed by atoms with E-state index in [0.717, 1.165) is 5.56 Å². The molecule has 2 rings (SSSR count). The molecule has 0 spiro atoms. The van der Waals surface area contributed by atoms with E-state index in [1.807, 2.05) is 18.2 Å². The maximum atomic E-state index is 11.7. The largest absolute Gasteiger partial charge is 0.508 e. The van der Waals surface area contributed by atoms with Crippen molar-refractivity contribution in [1.82, 2.24) is 5.32 Å². The predicted molar refractivity (Wildman–Crippen MR) is 90.9 cm³/mol. The van der Waals surface area contributed by atoms with Crippen molar-refractivity contribution in [3.05, 3.63) is 64.7 Å². The molecule has 6 heteroatoms. The van der Waals surface area contributed by atoms with Crippen molar-refractivity contribution >= 4 is 23.5 Å². The van der Waals surface area contributed by atoms with Crippen LogP contribution in [0.15, 0.2) is 48.5 Å². The molecule has 0 radical (unpaired) electrons. The zero-order valence-electron chi connectivity index (χ0n) is 13.0. The molecule has 0 aliphatic carbocycles. The summed E-state index contributed by atoms with van der Waals surface area (Å²) in [4.78, 5) is 23.3. The Morgan fingerprint density at radius 1 is 1.08 bits per heavy atom. The minimum absolute atomic E-state index is 0.0517. The van der Waals surface area contributed by atoms with Crippen LogP contribution in [-0.4, -0.2) is 30.1 Å². The summed E-state index contributed by atoms with van der Waals surface area (Å²) in [5.74, 6) is -0.715. The number of halogens is 1. The molecule has 0 unspecified atom stereocenters. The first-order valence-corrected chi connectivity index (χ1v) is 7.85. The minimum Gasteiger partial charge on any atom is -0.508 e. The molecular formula is C18H18ClNO4. The van der Waals surface area contributed by atoms with Crippen LogP contribution in [0.25, 0.3) is 0 Å². The molecule has 0 aromatic heterocycles. The van der Waals surface area contributed by atoms with E-state index in [0.29, 0.717) is 23.6 Å². The van der Waals surface area contributed by atoms with Gasteiger partial charge in [0.15, 0.2) is 6.61 Å². The normalized spacial score (nSPS) is 10.2. The van der Waals surface area contributed by atoms with E-state index in [9.17, 15) is 14.7 Å². The lowest BCUT2D eigenvalue weighted by Gasteiger charge is -2.07. The zero-order chi connectivity index (χ0) is 17.4. The lowest BCUT2D eigenvalue weighted by molar-refractivity contribution is -0.147. The summed E-state index contributed by atoms with van der Waals surface area (Å²) in [6.45, 7) is 0.126. The fourth-order valence-electron chi connectivity index (χ4n) is 2.07. The van der Waals surface area contributed by atoms with Gasteiger partial charge < -0.3 is 15.2 Å². The van der Waals surface area contributed by atoms with Gasteiger partial charge in [0, 0.05) is 11.6 Å². The van der Waals surface area contributed by atoms with E-state index in [2.05, 4.69) is 5.32 Å². The Kier molecular flexibility index (Phi) is 6.63. The number of ether oxygens (including phenoxy) is 1. The van der Waals surface area contributed by atoms with E-state index >= 15 is 0 Å². The predicted octanol–water partition coefficient (Wildman–Crippen LogP) is 2.49. The number of esters is 1. The van der Waals surface area contributed by atoms with Crippen molar-refractivity contribution in [2.24, 2.45) is 0 Å². The summed E-state index contributed by atoms with van der Waals surface area (Å²) in [6.07, 6.45) is 0.698. The smallest absolute Gasteiger partial charge is 0.310 e. The number of amides is 1. The van der Waals surface area contributed by atoms with Gasteiger partial charge in [-0.1, -0.05) is 35.9 Å². The number of carbonyl (C=O) groups is 2. The van der Waals surface area contributed by atoms with E-state index in [1.165, 1.54) is 12.1 Å². The van der Waals surface area contributed by atoms with Crippen LogP contribution in [0.5, 0.6) is 5.75 Å². The van der Waals surface area contributed by atoms with Gasteiger partial charge in [0.05, 0.1) is 6.42 Å². The number of rotatable bonds is 7. The second-order valence-electron chi connectivity index (χ2n) is 5.23. The topological polar surface area (TPSA) is 75.6 Å². The number of hydrogen-bond donors (Lipinski definition) is 2. The SMILES string of the molecule is O=C(COC(=O)Cc1ccc(O)cc1)NCCc1cccc(Cl)c1. The Balaban J connectivity index is 1.65. The fourth-order valence-corrected chi connectivity index (χ4v) is 2.28. The molecule has 0 fully saturated rings. The minimum atomic E-state index is -0.495. The van der Waals surface area contributed by atoms with E-state index < -0.39 is 5.97 Å². The van der Waals surface area contributed by atoms with E-state index in [4.69, 9.17) is 16.3 Å². The first-order chi connectivity index (χ1) is 11.5. The van der Waals surface area contributed by atoms with Gasteiger partial charge in [0.1, 0.15) is 5.75 Å². The molecule has 0 aliphatic rings. The van der Waals surface area contributed by atoms with Crippen LogP contribution in [0.4, 0.5) is 0 Å². The highest BCUT2D eigenvalue weighted by atomic mass is 35.5. The van der Waals surface area contributed by atoms with Gasteiger partial charge in [-0.3, -0.25) is 9.59 Å². The molecule has 0 saturated carbocycles. The van der Waals surface area contributed by atoms with Gasteiger partial charge in [-0.05, 0) is 41.8 Å². The highest BCUT2D eigenvalue weighted by Crippen LogP contribution is 2.11. The average molecular weight is 348 g/mol. The molecule has 2 N–H and O–H groups in total. The molecule has 0 saturated heterocycles. The van der Waals surface area contributed by atoms with Gasteiger partial charge in [-0.25, -0.2) is 0 Å². The highest BCUT2D eigenvalue weighted by molar-refractivity contribution is 6.30. The monoisotopic (exact) mass is 347 g/mol. The first-order valence-electron chi connectivity index (χ1n) is 7.47. The molecule has 1 amide bonds. The average Bonchev–Trinajstić information content (AvgIpc) is 2.55. The molecule has 0 bridgehead atoms. The third-order valence-corrected chi connectivity index (χ3v) is 3.51. The van der Waals surface area contributed by atoms with Crippen molar-refractivity contribution in [1.29, 1.82) is 0 Å². The molecule has 24 heavy (non-hydrogen) atoms. The van der Waals surface area contributed by atoms with Crippen molar-refractivity contribution in [2.45, 2.75) is 12.8 Å². The number of benzene rings is 2. The molecule has 0 aliphatic heterocycles. The summed E-state index contributed by atoms with van der Waals surface area (Å²) < 4.78 is 4.93. The second-order valence-corrected chi connectivity index (χ2v) is 5.67. The standard InChI is InChI=1S/C18H18ClNO4/c19-15-3-1-2-13(10-15)8-9-20-17(22)12-24-18(23)11-14-4-6-16(21)7-5-14/h1-7,10,21H,8-9,11-12H2,(H,20,22). The Labute approximate surface area is 145 Å². The summed E-state index contributed by atoms with van der Waals surface area (Å²) in [7, 11) is 0. The summed E-state index contributed by atoms with van der Waals surface area (Å²) in [5.41, 5.74) is 1.73. The summed E-state index contributed by atoms with van der Waals surface area (Å²) in [5, 5.41) is 12.5. The van der Waals surface area contributed by atoms with Crippen LogP contribution in [0.1, 0.15) is 11.1 Å². The first kappa shape index (κ1) is 17.8. The summed E-state index contributed by atoms with van der Waals surface area (Å²) >= 11 is 5.89. The molecule has 5 nitrogen and oxygen atoms in total. The third-order valence-electron chi connectivity index (χ3n) is 3.27. The summed E-state index contributed by atoms with van der Waals surface area (Å²) in [6, 6.07) is 13.6. The Hall–Kier alpha value is -2.53. The Bertz CT molecular complexity index is 700. The number of nitrogens with one attached hydrogen (secondary N) is 1. The number of hydrogen-bond acceptors (Lipinski definition) is 4. The van der Waals surface area contributed by atoms with Crippen LogP contribution in [0.2, 0.25) is 5.02 Å². The Morgan fingerprint density at radius 2 is 1.83 bits per heavy atom. The number of phenols is 1. The second kappa shape index (κ2) is 8.93. The van der Waals surface area contributed by atoms with Gasteiger partial charge in [0.25, 0.3) is 5.91 Å². The van der Waals surface area contributed by atoms with Gasteiger partial charge >= 0.3 is 5.97 Å². The van der Waals surface area contributed by atoms with E-state index in [1.54, 1.807) is 18.2 Å². The molecule has 0 atom stereocenters. The number of carbonyl (C=O) groups excluding carboxylic acids is 2.